The van der Waals surface area contributed by atoms with Crippen molar-refractivity contribution in [1.82, 2.24) is 0 Å². The van der Waals surface area contributed by atoms with Crippen LogP contribution >= 0.6 is 11.6 Å². The van der Waals surface area contributed by atoms with E-state index in [-0.39, 0.29) is 11.3 Å². The molecule has 0 aliphatic rings. The number of rotatable bonds is 3. The lowest BCUT2D eigenvalue weighted by atomic mass is 10.2. The van der Waals surface area contributed by atoms with Gasteiger partial charge in [-0.05, 0) is 30.3 Å². The highest BCUT2D eigenvalue weighted by atomic mass is 35.5. The molecule has 0 unspecified atom stereocenters. The van der Waals surface area contributed by atoms with Gasteiger partial charge in [0.15, 0.2) is 0 Å². The van der Waals surface area contributed by atoms with Gasteiger partial charge in [-0.25, -0.2) is 4.79 Å². The molecule has 0 saturated heterocycles. The van der Waals surface area contributed by atoms with Gasteiger partial charge in [-0.2, -0.15) is 0 Å². The molecule has 0 aliphatic heterocycles. The van der Waals surface area contributed by atoms with Crippen LogP contribution in [0.5, 0.6) is 5.75 Å². The number of halogens is 1. The second kappa shape index (κ2) is 5.49. The number of nitro groups is 1. The second-order valence-electron chi connectivity index (χ2n) is 3.65. The summed E-state index contributed by atoms with van der Waals surface area (Å²) < 4.78 is 5.07. The van der Waals surface area contributed by atoms with Crippen molar-refractivity contribution in [2.75, 3.05) is 0 Å². The van der Waals surface area contributed by atoms with Gasteiger partial charge in [0.25, 0.3) is 5.69 Å². The van der Waals surface area contributed by atoms with Gasteiger partial charge in [-0.3, -0.25) is 10.1 Å². The predicted octanol–water partition coefficient (Wildman–Crippen LogP) is 3.47. The molecular formula is C13H8ClNO4. The molecule has 0 bridgehead atoms. The molecule has 5 nitrogen and oxygen atoms in total. The molecular weight excluding hydrogens is 270 g/mol. The van der Waals surface area contributed by atoms with Crippen LogP contribution in [0.15, 0.2) is 48.5 Å². The molecule has 0 amide bonds. The number of benzene rings is 2. The van der Waals surface area contributed by atoms with Gasteiger partial charge >= 0.3 is 5.97 Å². The third kappa shape index (κ3) is 3.29. The zero-order chi connectivity index (χ0) is 13.8. The summed E-state index contributed by atoms with van der Waals surface area (Å²) in [4.78, 5) is 21.8. The molecule has 0 heterocycles. The molecule has 19 heavy (non-hydrogen) atoms. The Hall–Kier alpha value is -2.40. The van der Waals surface area contributed by atoms with Crippen LogP contribution in [-0.4, -0.2) is 10.9 Å². The van der Waals surface area contributed by atoms with Gasteiger partial charge in [-0.1, -0.05) is 17.7 Å². The molecule has 0 spiro atoms. The van der Waals surface area contributed by atoms with Crippen molar-refractivity contribution in [2.24, 2.45) is 0 Å². The first kappa shape index (κ1) is 13.0. The summed E-state index contributed by atoms with van der Waals surface area (Å²) in [5.74, 6) is -0.341. The lowest BCUT2D eigenvalue weighted by Gasteiger charge is -2.04. The van der Waals surface area contributed by atoms with E-state index >= 15 is 0 Å². The van der Waals surface area contributed by atoms with Crippen LogP contribution < -0.4 is 4.74 Å². The number of esters is 1. The number of carbonyl (C=O) groups is 1. The maximum absolute atomic E-state index is 11.8. The van der Waals surface area contributed by atoms with Crippen LogP contribution in [-0.2, 0) is 0 Å². The Labute approximate surface area is 113 Å². The third-order valence-electron chi connectivity index (χ3n) is 2.32. The largest absolute Gasteiger partial charge is 0.423 e. The first-order valence-corrected chi connectivity index (χ1v) is 5.66. The molecule has 6 heteroatoms. The van der Waals surface area contributed by atoms with E-state index in [9.17, 15) is 14.9 Å². The van der Waals surface area contributed by atoms with Crippen molar-refractivity contribution in [2.45, 2.75) is 0 Å². The van der Waals surface area contributed by atoms with Gasteiger partial charge in [0.1, 0.15) is 5.75 Å². The van der Waals surface area contributed by atoms with Gasteiger partial charge in [0.2, 0.25) is 0 Å². The highest BCUT2D eigenvalue weighted by molar-refractivity contribution is 6.30. The quantitative estimate of drug-likeness (QED) is 0.373. The zero-order valence-electron chi connectivity index (χ0n) is 9.58. The number of nitrogens with zero attached hydrogens (tertiary/aromatic N) is 1. The smallest absolute Gasteiger partial charge is 0.343 e. The fourth-order valence-corrected chi connectivity index (χ4v) is 1.54. The molecule has 2 aromatic rings. The van der Waals surface area contributed by atoms with Crippen LogP contribution in [0.2, 0.25) is 5.02 Å². The minimum Gasteiger partial charge on any atom is -0.423 e. The Bertz CT molecular complexity index is 625. The number of carbonyl (C=O) groups excluding carboxylic acids is 1. The Morgan fingerprint density at radius 1 is 1.16 bits per heavy atom. The van der Waals surface area contributed by atoms with E-state index in [1.807, 2.05) is 0 Å². The summed E-state index contributed by atoms with van der Waals surface area (Å²) in [7, 11) is 0. The monoisotopic (exact) mass is 277 g/mol. The van der Waals surface area contributed by atoms with Crippen LogP contribution in [0.4, 0.5) is 5.69 Å². The summed E-state index contributed by atoms with van der Waals surface area (Å²) in [6, 6.07) is 11.6. The van der Waals surface area contributed by atoms with E-state index in [1.165, 1.54) is 30.3 Å². The molecule has 0 fully saturated rings. The summed E-state index contributed by atoms with van der Waals surface area (Å²) in [5.41, 5.74) is -0.0466. The van der Waals surface area contributed by atoms with Gasteiger partial charge < -0.3 is 4.74 Å². The number of hydrogen-bond donors (Lipinski definition) is 0. The van der Waals surface area contributed by atoms with Crippen molar-refractivity contribution in [3.63, 3.8) is 0 Å². The SMILES string of the molecule is O=C(Oc1ccc(Cl)cc1)c1cccc([N+](=O)[O-])c1. The molecule has 0 atom stereocenters. The average molecular weight is 278 g/mol. The van der Waals surface area contributed by atoms with Crippen molar-refractivity contribution in [3.05, 3.63) is 69.2 Å². The fourth-order valence-electron chi connectivity index (χ4n) is 1.42. The highest BCUT2D eigenvalue weighted by Crippen LogP contribution is 2.18. The molecule has 0 N–H and O–H groups in total. The first-order chi connectivity index (χ1) is 9.06. The molecule has 0 radical (unpaired) electrons. The van der Waals surface area contributed by atoms with E-state index in [0.717, 1.165) is 6.07 Å². The van der Waals surface area contributed by atoms with Gasteiger partial charge in [0, 0.05) is 17.2 Å². The lowest BCUT2D eigenvalue weighted by Crippen LogP contribution is -2.08. The van der Waals surface area contributed by atoms with Crippen LogP contribution in [0, 0.1) is 10.1 Å². The van der Waals surface area contributed by atoms with Crippen LogP contribution in [0.25, 0.3) is 0 Å². The molecule has 2 rings (SSSR count). The fraction of sp³-hybridized carbons (Fsp3) is 0. The topological polar surface area (TPSA) is 69.4 Å². The van der Waals surface area contributed by atoms with E-state index < -0.39 is 10.9 Å². The molecule has 96 valence electrons. The van der Waals surface area contributed by atoms with Crippen molar-refractivity contribution in [1.29, 1.82) is 0 Å². The second-order valence-corrected chi connectivity index (χ2v) is 4.09. The summed E-state index contributed by atoms with van der Waals surface area (Å²) in [6.07, 6.45) is 0. The normalized spacial score (nSPS) is 9.95. The van der Waals surface area contributed by atoms with Crippen LogP contribution in [0.3, 0.4) is 0 Å². The molecule has 0 aliphatic carbocycles. The Morgan fingerprint density at radius 3 is 2.47 bits per heavy atom. The predicted molar refractivity (Wildman–Crippen MR) is 69.5 cm³/mol. The molecule has 0 saturated carbocycles. The van der Waals surface area contributed by atoms with Crippen molar-refractivity contribution >= 4 is 23.3 Å². The minimum atomic E-state index is -0.661. The Balaban J connectivity index is 2.18. The standard InChI is InChI=1S/C13H8ClNO4/c14-10-4-6-12(7-5-10)19-13(16)9-2-1-3-11(8-9)15(17)18/h1-8H. The number of ether oxygens (including phenoxy) is 1. The first-order valence-electron chi connectivity index (χ1n) is 5.28. The van der Waals surface area contributed by atoms with Gasteiger partial charge in [-0.15, -0.1) is 0 Å². The Morgan fingerprint density at radius 2 is 1.84 bits per heavy atom. The van der Waals surface area contributed by atoms with Gasteiger partial charge in [0.05, 0.1) is 10.5 Å². The van der Waals surface area contributed by atoms with Crippen molar-refractivity contribution in [3.8, 4) is 5.75 Å². The lowest BCUT2D eigenvalue weighted by molar-refractivity contribution is -0.384. The number of non-ortho nitro benzene ring substituents is 1. The van der Waals surface area contributed by atoms with Crippen LogP contribution in [0.1, 0.15) is 10.4 Å². The summed E-state index contributed by atoms with van der Waals surface area (Å²) >= 11 is 5.71. The highest BCUT2D eigenvalue weighted by Gasteiger charge is 2.13. The number of nitro benzene ring substituents is 1. The average Bonchev–Trinajstić information content (AvgIpc) is 2.41. The third-order valence-corrected chi connectivity index (χ3v) is 2.57. The zero-order valence-corrected chi connectivity index (χ0v) is 10.3. The Kier molecular flexibility index (Phi) is 3.77. The van der Waals surface area contributed by atoms with E-state index in [0.29, 0.717) is 10.8 Å². The minimum absolute atomic E-state index is 0.115. The van der Waals surface area contributed by atoms with E-state index in [2.05, 4.69) is 0 Å². The maximum Gasteiger partial charge on any atom is 0.343 e. The van der Waals surface area contributed by atoms with E-state index in [1.54, 1.807) is 12.1 Å². The number of hydrogen-bond acceptors (Lipinski definition) is 4. The van der Waals surface area contributed by atoms with E-state index in [4.69, 9.17) is 16.3 Å². The molecule has 2 aromatic carbocycles. The summed E-state index contributed by atoms with van der Waals surface area (Å²) in [6.45, 7) is 0. The maximum atomic E-state index is 11.8. The molecule has 0 aromatic heterocycles. The van der Waals surface area contributed by atoms with Crippen molar-refractivity contribution < 1.29 is 14.5 Å². The summed E-state index contributed by atoms with van der Waals surface area (Å²) in [5, 5.41) is 11.1.